The van der Waals surface area contributed by atoms with Crippen LogP contribution < -0.4 is 5.32 Å². The third kappa shape index (κ3) is 7.45. The Morgan fingerprint density at radius 2 is 1.73 bits per heavy atom. The Balaban J connectivity index is 2.16. The number of carbonyl (C=O) groups excluding carboxylic acids is 1. The van der Waals surface area contributed by atoms with Gasteiger partial charge in [-0.05, 0) is 53.1 Å². The number of nitrogens with one attached hydrogen (secondary N) is 1. The fourth-order valence-electron chi connectivity index (χ4n) is 2.67. The molecule has 130 valence electrons. The topological polar surface area (TPSA) is 44.8 Å². The summed E-state index contributed by atoms with van der Waals surface area (Å²) in [6.07, 6.45) is 3.39. The van der Waals surface area contributed by atoms with Crippen molar-refractivity contribution in [2.24, 2.45) is 0 Å². The first kappa shape index (κ1) is 19.2. The molecule has 5 heteroatoms. The molecule has 1 aliphatic heterocycles. The maximum atomic E-state index is 12.0. The molecule has 1 aliphatic rings. The first-order valence-corrected chi connectivity index (χ1v) is 8.79. The monoisotopic (exact) mass is 313 g/mol. The first-order valence-electron chi connectivity index (χ1n) is 8.79. The molecule has 0 aromatic carbocycles. The van der Waals surface area contributed by atoms with E-state index < -0.39 is 5.60 Å². The minimum absolute atomic E-state index is 0.178. The highest BCUT2D eigenvalue weighted by atomic mass is 16.6. The Labute approximate surface area is 136 Å². The van der Waals surface area contributed by atoms with Crippen molar-refractivity contribution in [1.82, 2.24) is 15.1 Å². The molecule has 5 nitrogen and oxygen atoms in total. The van der Waals surface area contributed by atoms with Crippen LogP contribution in [0.2, 0.25) is 0 Å². The van der Waals surface area contributed by atoms with Crippen LogP contribution in [0.25, 0.3) is 0 Å². The summed E-state index contributed by atoms with van der Waals surface area (Å²) in [6.45, 7) is 15.8. The van der Waals surface area contributed by atoms with Gasteiger partial charge in [0.25, 0.3) is 0 Å². The van der Waals surface area contributed by atoms with Crippen molar-refractivity contribution < 1.29 is 9.53 Å². The summed E-state index contributed by atoms with van der Waals surface area (Å²) < 4.78 is 5.42. The summed E-state index contributed by atoms with van der Waals surface area (Å²) >= 11 is 0. The highest BCUT2D eigenvalue weighted by Crippen LogP contribution is 2.11. The van der Waals surface area contributed by atoms with Gasteiger partial charge >= 0.3 is 6.09 Å². The lowest BCUT2D eigenvalue weighted by Crippen LogP contribution is -2.50. The van der Waals surface area contributed by atoms with Crippen LogP contribution in [0.5, 0.6) is 0 Å². The Hall–Kier alpha value is -0.810. The van der Waals surface area contributed by atoms with Crippen molar-refractivity contribution in [3.63, 3.8) is 0 Å². The fraction of sp³-hybridized carbons (Fsp3) is 0.941. The Kier molecular flexibility index (Phi) is 8.18. The zero-order valence-electron chi connectivity index (χ0n) is 15.2. The standard InChI is InChI=1S/C17H35N3O2/c1-6-15(7-2)18-9-8-10-19-11-13-20(14-12-19)16(21)22-17(3,4)5/h15,18H,6-14H2,1-5H3. The summed E-state index contributed by atoms with van der Waals surface area (Å²) in [4.78, 5) is 16.3. The third-order valence-electron chi connectivity index (χ3n) is 4.09. The quantitative estimate of drug-likeness (QED) is 0.734. The van der Waals surface area contributed by atoms with Crippen molar-refractivity contribution in [3.8, 4) is 0 Å². The highest BCUT2D eigenvalue weighted by molar-refractivity contribution is 5.68. The summed E-state index contributed by atoms with van der Waals surface area (Å²) in [7, 11) is 0. The number of carbonyl (C=O) groups is 1. The molecule has 1 heterocycles. The van der Waals surface area contributed by atoms with E-state index >= 15 is 0 Å². The average Bonchev–Trinajstić information content (AvgIpc) is 2.46. The molecule has 1 rings (SSSR count). The van der Waals surface area contributed by atoms with E-state index in [0.717, 1.165) is 39.3 Å². The lowest BCUT2D eigenvalue weighted by Gasteiger charge is -2.35. The molecule has 0 saturated carbocycles. The van der Waals surface area contributed by atoms with Gasteiger partial charge in [-0.1, -0.05) is 13.8 Å². The Morgan fingerprint density at radius 1 is 1.14 bits per heavy atom. The van der Waals surface area contributed by atoms with Gasteiger partial charge in [-0.2, -0.15) is 0 Å². The largest absolute Gasteiger partial charge is 0.444 e. The van der Waals surface area contributed by atoms with Gasteiger partial charge in [-0.3, -0.25) is 4.90 Å². The molecule has 0 aromatic heterocycles. The number of piperazine rings is 1. The molecule has 1 fully saturated rings. The van der Waals surface area contributed by atoms with E-state index in [9.17, 15) is 4.79 Å². The molecule has 22 heavy (non-hydrogen) atoms. The number of hydrogen-bond donors (Lipinski definition) is 1. The summed E-state index contributed by atoms with van der Waals surface area (Å²) in [5.41, 5.74) is -0.408. The molecule has 0 atom stereocenters. The highest BCUT2D eigenvalue weighted by Gasteiger charge is 2.25. The van der Waals surface area contributed by atoms with E-state index in [-0.39, 0.29) is 6.09 Å². The number of nitrogens with zero attached hydrogens (tertiary/aromatic N) is 2. The molecule has 0 unspecified atom stereocenters. The van der Waals surface area contributed by atoms with Crippen molar-refractivity contribution >= 4 is 6.09 Å². The molecular weight excluding hydrogens is 278 g/mol. The second kappa shape index (κ2) is 9.36. The summed E-state index contributed by atoms with van der Waals surface area (Å²) in [6, 6.07) is 0.656. The summed E-state index contributed by atoms with van der Waals surface area (Å²) in [5, 5.41) is 3.60. The molecule has 0 bridgehead atoms. The molecule has 0 radical (unpaired) electrons. The van der Waals surface area contributed by atoms with E-state index in [2.05, 4.69) is 24.1 Å². The molecule has 1 N–H and O–H groups in total. The van der Waals surface area contributed by atoms with Gasteiger partial charge in [0, 0.05) is 32.2 Å². The minimum Gasteiger partial charge on any atom is -0.444 e. The maximum Gasteiger partial charge on any atom is 0.410 e. The molecular formula is C17H35N3O2. The van der Waals surface area contributed by atoms with Gasteiger partial charge in [0.2, 0.25) is 0 Å². The third-order valence-corrected chi connectivity index (χ3v) is 4.09. The smallest absolute Gasteiger partial charge is 0.410 e. The zero-order chi connectivity index (χ0) is 16.6. The maximum absolute atomic E-state index is 12.0. The molecule has 0 spiro atoms. The zero-order valence-corrected chi connectivity index (χ0v) is 15.2. The van der Waals surface area contributed by atoms with Crippen molar-refractivity contribution in [2.45, 2.75) is 65.5 Å². The summed E-state index contributed by atoms with van der Waals surface area (Å²) in [5.74, 6) is 0. The number of amides is 1. The number of ether oxygens (including phenoxy) is 1. The van der Waals surface area contributed by atoms with Gasteiger partial charge in [0.05, 0.1) is 0 Å². The van der Waals surface area contributed by atoms with E-state index in [1.807, 2.05) is 25.7 Å². The Bertz CT molecular complexity index is 316. The second-order valence-corrected chi connectivity index (χ2v) is 7.13. The predicted octanol–water partition coefficient (Wildman–Crippen LogP) is 2.71. The van der Waals surface area contributed by atoms with Crippen LogP contribution in [0.3, 0.4) is 0 Å². The number of rotatable bonds is 7. The van der Waals surface area contributed by atoms with Gasteiger partial charge < -0.3 is 15.0 Å². The van der Waals surface area contributed by atoms with E-state index in [1.54, 1.807) is 0 Å². The van der Waals surface area contributed by atoms with Crippen molar-refractivity contribution in [1.29, 1.82) is 0 Å². The van der Waals surface area contributed by atoms with Crippen LogP contribution in [0, 0.1) is 0 Å². The number of hydrogen-bond acceptors (Lipinski definition) is 4. The lowest BCUT2D eigenvalue weighted by molar-refractivity contribution is 0.0144. The van der Waals surface area contributed by atoms with Crippen LogP contribution >= 0.6 is 0 Å². The van der Waals surface area contributed by atoms with Gasteiger partial charge in [-0.25, -0.2) is 4.79 Å². The molecule has 1 saturated heterocycles. The SMILES string of the molecule is CCC(CC)NCCCN1CCN(C(=O)OC(C)(C)C)CC1. The molecule has 0 aromatic rings. The van der Waals surface area contributed by atoms with Crippen LogP contribution in [-0.4, -0.2) is 66.8 Å². The predicted molar refractivity (Wildman–Crippen MR) is 91.2 cm³/mol. The first-order chi connectivity index (χ1) is 10.4. The van der Waals surface area contributed by atoms with Gasteiger partial charge in [-0.15, -0.1) is 0 Å². The van der Waals surface area contributed by atoms with E-state index in [1.165, 1.54) is 19.3 Å². The second-order valence-electron chi connectivity index (χ2n) is 7.13. The van der Waals surface area contributed by atoms with Gasteiger partial charge in [0.1, 0.15) is 5.60 Å². The van der Waals surface area contributed by atoms with Crippen molar-refractivity contribution in [2.75, 3.05) is 39.3 Å². The normalized spacial score (nSPS) is 17.1. The Morgan fingerprint density at radius 3 is 2.23 bits per heavy atom. The van der Waals surface area contributed by atoms with Crippen LogP contribution in [0.15, 0.2) is 0 Å². The molecule has 0 aliphatic carbocycles. The van der Waals surface area contributed by atoms with Crippen LogP contribution in [0.4, 0.5) is 4.79 Å². The van der Waals surface area contributed by atoms with Crippen LogP contribution in [0.1, 0.15) is 53.9 Å². The van der Waals surface area contributed by atoms with E-state index in [4.69, 9.17) is 4.74 Å². The van der Waals surface area contributed by atoms with E-state index in [0.29, 0.717) is 6.04 Å². The minimum atomic E-state index is -0.408. The van der Waals surface area contributed by atoms with Crippen molar-refractivity contribution in [3.05, 3.63) is 0 Å². The average molecular weight is 313 g/mol. The van der Waals surface area contributed by atoms with Gasteiger partial charge in [0.15, 0.2) is 0 Å². The van der Waals surface area contributed by atoms with Crippen LogP contribution in [-0.2, 0) is 4.74 Å². The lowest BCUT2D eigenvalue weighted by atomic mass is 10.1. The fourth-order valence-corrected chi connectivity index (χ4v) is 2.67. The molecule has 1 amide bonds.